The summed E-state index contributed by atoms with van der Waals surface area (Å²) in [6.45, 7) is 4.10. The smallest absolute Gasteiger partial charge is 0.326 e. The van der Waals surface area contributed by atoms with Gasteiger partial charge in [0.1, 0.15) is 5.75 Å². The number of nitrogens with one attached hydrogen (secondary N) is 2. The quantitative estimate of drug-likeness (QED) is 0.767. The lowest BCUT2D eigenvalue weighted by atomic mass is 9.91. The van der Waals surface area contributed by atoms with Gasteiger partial charge in [-0.1, -0.05) is 6.92 Å². The van der Waals surface area contributed by atoms with E-state index in [4.69, 9.17) is 4.74 Å². The Kier molecular flexibility index (Phi) is 6.97. The van der Waals surface area contributed by atoms with Crippen LogP contribution in [0.15, 0.2) is 24.4 Å². The van der Waals surface area contributed by atoms with Crippen molar-refractivity contribution in [1.29, 1.82) is 0 Å². The van der Waals surface area contributed by atoms with Crippen molar-refractivity contribution in [2.75, 3.05) is 34.3 Å². The molecule has 0 radical (unpaired) electrons. The van der Waals surface area contributed by atoms with Crippen molar-refractivity contribution in [3.05, 3.63) is 30.0 Å². The number of benzene rings is 1. The highest BCUT2D eigenvalue weighted by Crippen LogP contribution is 2.27. The van der Waals surface area contributed by atoms with Crippen LogP contribution in [0.3, 0.4) is 0 Å². The van der Waals surface area contributed by atoms with Crippen molar-refractivity contribution < 1.29 is 9.53 Å². The molecule has 1 amide bonds. The van der Waals surface area contributed by atoms with E-state index in [-0.39, 0.29) is 12.1 Å². The molecular formula is C22H34N4O2. The number of carbonyl (C=O) groups excluding carboxylic acids is 1. The van der Waals surface area contributed by atoms with E-state index in [0.717, 1.165) is 61.8 Å². The Bertz CT molecular complexity index is 791. The lowest BCUT2D eigenvalue weighted by Crippen LogP contribution is -2.43. The van der Waals surface area contributed by atoms with Gasteiger partial charge in [-0.2, -0.15) is 0 Å². The lowest BCUT2D eigenvalue weighted by Gasteiger charge is -2.29. The number of ether oxygens (including phenoxy) is 1. The molecule has 1 aliphatic rings. The number of methoxy groups -OCH3 is 1. The molecule has 1 aliphatic carbocycles. The van der Waals surface area contributed by atoms with Crippen molar-refractivity contribution >= 4 is 16.9 Å². The Morgan fingerprint density at radius 3 is 2.57 bits per heavy atom. The Morgan fingerprint density at radius 2 is 1.93 bits per heavy atom. The molecule has 1 saturated carbocycles. The van der Waals surface area contributed by atoms with Gasteiger partial charge in [0.2, 0.25) is 0 Å². The highest BCUT2D eigenvalue weighted by Gasteiger charge is 2.23. The molecule has 2 aromatic rings. The van der Waals surface area contributed by atoms with E-state index in [2.05, 4.69) is 42.6 Å². The van der Waals surface area contributed by atoms with Crippen molar-refractivity contribution in [1.82, 2.24) is 20.1 Å². The molecular weight excluding hydrogens is 352 g/mol. The topological polar surface area (TPSA) is 58.5 Å². The first kappa shape index (κ1) is 20.7. The van der Waals surface area contributed by atoms with E-state index < -0.39 is 0 Å². The number of hydrogen-bond acceptors (Lipinski definition) is 4. The Balaban J connectivity index is 1.77. The molecule has 0 spiro atoms. The molecule has 1 aromatic heterocycles. The van der Waals surface area contributed by atoms with E-state index >= 15 is 0 Å². The highest BCUT2D eigenvalue weighted by molar-refractivity contribution is 5.94. The summed E-state index contributed by atoms with van der Waals surface area (Å²) in [5.74, 6) is 0.768. The first-order valence-electron chi connectivity index (χ1n) is 10.4. The molecule has 0 unspecified atom stereocenters. The van der Waals surface area contributed by atoms with Gasteiger partial charge < -0.3 is 20.3 Å². The number of nitrogens with zero attached hydrogens (tertiary/aromatic N) is 2. The number of fused-ring (bicyclic) bond motifs is 1. The Labute approximate surface area is 168 Å². The fourth-order valence-electron chi connectivity index (χ4n) is 4.09. The summed E-state index contributed by atoms with van der Waals surface area (Å²) >= 11 is 0. The van der Waals surface area contributed by atoms with Gasteiger partial charge in [-0.15, -0.1) is 0 Å². The third-order valence-corrected chi connectivity index (χ3v) is 5.69. The number of likely N-dealkylation sites (N-methyl/N-ethyl adjacent to an activating group) is 1. The zero-order chi connectivity index (χ0) is 20.1. The number of amides is 1. The molecule has 28 heavy (non-hydrogen) atoms. The van der Waals surface area contributed by atoms with Crippen LogP contribution in [-0.2, 0) is 6.42 Å². The summed E-state index contributed by atoms with van der Waals surface area (Å²) in [4.78, 5) is 15.2. The predicted octanol–water partition coefficient (Wildman–Crippen LogP) is 3.23. The third-order valence-electron chi connectivity index (χ3n) is 5.69. The van der Waals surface area contributed by atoms with Gasteiger partial charge in [-0.05, 0) is 70.4 Å². The number of carbonyl (C=O) groups is 1. The second kappa shape index (κ2) is 9.43. The van der Waals surface area contributed by atoms with E-state index in [1.54, 1.807) is 11.7 Å². The average molecular weight is 387 g/mol. The van der Waals surface area contributed by atoms with Gasteiger partial charge in [0.25, 0.3) is 0 Å². The maximum Gasteiger partial charge on any atom is 0.326 e. The summed E-state index contributed by atoms with van der Waals surface area (Å²) in [5.41, 5.74) is 2.10. The van der Waals surface area contributed by atoms with Crippen molar-refractivity contribution in [3.8, 4) is 5.75 Å². The van der Waals surface area contributed by atoms with Crippen LogP contribution >= 0.6 is 0 Å². The standard InChI is InChI=1S/C22H34N4O2/c1-5-23-17-6-8-18(9-7-17)24-22(27)26-15-16(12-13-25(2)3)20-11-10-19(28-4)14-21(20)26/h10-11,14-15,17-18,23H,5-9,12-13H2,1-4H3,(H,24,27). The van der Waals surface area contributed by atoms with Crippen molar-refractivity contribution in [2.24, 2.45) is 0 Å². The minimum absolute atomic E-state index is 0.0405. The molecule has 0 bridgehead atoms. The largest absolute Gasteiger partial charge is 0.497 e. The van der Waals surface area contributed by atoms with Gasteiger partial charge in [0.05, 0.1) is 12.6 Å². The molecule has 0 aliphatic heterocycles. The SMILES string of the molecule is CCNC1CCC(NC(=O)n2cc(CCN(C)C)c3ccc(OC)cc32)CC1. The fourth-order valence-corrected chi connectivity index (χ4v) is 4.09. The fraction of sp³-hybridized carbons (Fsp3) is 0.591. The number of hydrogen-bond donors (Lipinski definition) is 2. The summed E-state index contributed by atoms with van der Waals surface area (Å²) < 4.78 is 7.15. The molecule has 154 valence electrons. The Morgan fingerprint density at radius 1 is 1.21 bits per heavy atom. The highest BCUT2D eigenvalue weighted by atomic mass is 16.5. The Hall–Kier alpha value is -2.05. The molecule has 1 fully saturated rings. The van der Waals surface area contributed by atoms with Crippen molar-refractivity contribution in [3.63, 3.8) is 0 Å². The van der Waals surface area contributed by atoms with Crippen LogP contribution in [0, 0.1) is 0 Å². The monoisotopic (exact) mass is 386 g/mol. The normalized spacial score (nSPS) is 19.9. The second-order valence-corrected chi connectivity index (χ2v) is 8.02. The van der Waals surface area contributed by atoms with Crippen LogP contribution < -0.4 is 15.4 Å². The molecule has 0 atom stereocenters. The second-order valence-electron chi connectivity index (χ2n) is 8.02. The number of aromatic nitrogens is 1. The molecule has 0 saturated heterocycles. The van der Waals surface area contributed by atoms with Gasteiger partial charge in [-0.25, -0.2) is 4.79 Å². The number of rotatable bonds is 7. The molecule has 3 rings (SSSR count). The first-order valence-corrected chi connectivity index (χ1v) is 10.4. The predicted molar refractivity (Wildman–Crippen MR) is 114 cm³/mol. The van der Waals surface area contributed by atoms with Crippen LogP contribution in [0.1, 0.15) is 38.2 Å². The van der Waals surface area contributed by atoms with Gasteiger partial charge in [0, 0.05) is 36.3 Å². The van der Waals surface area contributed by atoms with E-state index in [1.807, 2.05) is 18.3 Å². The van der Waals surface area contributed by atoms with Crippen LogP contribution in [-0.4, -0.2) is 61.9 Å². The minimum atomic E-state index is -0.0405. The summed E-state index contributed by atoms with van der Waals surface area (Å²) in [6, 6.07) is 6.77. The summed E-state index contributed by atoms with van der Waals surface area (Å²) in [5, 5.41) is 7.89. The minimum Gasteiger partial charge on any atom is -0.497 e. The van der Waals surface area contributed by atoms with Crippen LogP contribution in [0.4, 0.5) is 4.79 Å². The summed E-state index contributed by atoms with van der Waals surface area (Å²) in [6.07, 6.45) is 7.19. The van der Waals surface area contributed by atoms with E-state index in [1.165, 1.54) is 5.56 Å². The maximum absolute atomic E-state index is 13.1. The first-order chi connectivity index (χ1) is 13.5. The molecule has 2 N–H and O–H groups in total. The molecule has 1 aromatic carbocycles. The zero-order valence-electron chi connectivity index (χ0n) is 17.6. The van der Waals surface area contributed by atoms with Gasteiger partial charge in [0.15, 0.2) is 0 Å². The molecule has 6 heteroatoms. The van der Waals surface area contributed by atoms with Crippen LogP contribution in [0.5, 0.6) is 5.75 Å². The molecule has 6 nitrogen and oxygen atoms in total. The zero-order valence-corrected chi connectivity index (χ0v) is 17.6. The van der Waals surface area contributed by atoms with Crippen molar-refractivity contribution in [2.45, 2.75) is 51.1 Å². The van der Waals surface area contributed by atoms with Crippen LogP contribution in [0.2, 0.25) is 0 Å². The lowest BCUT2D eigenvalue weighted by molar-refractivity contribution is 0.231. The van der Waals surface area contributed by atoms with Crippen LogP contribution in [0.25, 0.3) is 10.9 Å². The molecule has 1 heterocycles. The maximum atomic E-state index is 13.1. The third kappa shape index (κ3) is 4.86. The van der Waals surface area contributed by atoms with Gasteiger partial charge >= 0.3 is 6.03 Å². The van der Waals surface area contributed by atoms with E-state index in [9.17, 15) is 4.79 Å². The van der Waals surface area contributed by atoms with Gasteiger partial charge in [-0.3, -0.25) is 4.57 Å². The van der Waals surface area contributed by atoms with E-state index in [0.29, 0.717) is 6.04 Å². The average Bonchev–Trinajstić information content (AvgIpc) is 3.06. The summed E-state index contributed by atoms with van der Waals surface area (Å²) in [7, 11) is 5.79.